The van der Waals surface area contributed by atoms with Crippen LogP contribution < -0.4 is 10.3 Å². The summed E-state index contributed by atoms with van der Waals surface area (Å²) in [5.74, 6) is 1.07. The Bertz CT molecular complexity index is 977. The fourth-order valence-corrected chi connectivity index (χ4v) is 4.05. The maximum Gasteiger partial charge on any atom is 0.278 e. The van der Waals surface area contributed by atoms with Crippen LogP contribution in [-0.4, -0.2) is 38.6 Å². The van der Waals surface area contributed by atoms with Gasteiger partial charge in [0.1, 0.15) is 11.3 Å². The van der Waals surface area contributed by atoms with Gasteiger partial charge in [-0.2, -0.15) is 0 Å². The molecule has 1 saturated carbocycles. The number of aromatic nitrogens is 3. The molecule has 0 spiro atoms. The minimum absolute atomic E-state index is 0.0183. The molecule has 1 unspecified atom stereocenters. The van der Waals surface area contributed by atoms with Crippen molar-refractivity contribution < 1.29 is 9.53 Å². The Morgan fingerprint density at radius 3 is 2.72 bits per heavy atom. The molecule has 7 heteroatoms. The predicted molar refractivity (Wildman–Crippen MR) is 90.7 cm³/mol. The lowest BCUT2D eigenvalue weighted by atomic mass is 9.96. The van der Waals surface area contributed by atoms with E-state index in [9.17, 15) is 9.59 Å². The Kier molecular flexibility index (Phi) is 2.99. The number of hydrogen-bond acceptors (Lipinski definition) is 5. The van der Waals surface area contributed by atoms with Crippen molar-refractivity contribution in [1.82, 2.24) is 19.9 Å². The summed E-state index contributed by atoms with van der Waals surface area (Å²) in [6.07, 6.45) is 3.85. The van der Waals surface area contributed by atoms with Crippen LogP contribution in [0.15, 0.2) is 4.79 Å². The van der Waals surface area contributed by atoms with E-state index in [4.69, 9.17) is 4.74 Å². The first-order chi connectivity index (χ1) is 12.1. The van der Waals surface area contributed by atoms with Gasteiger partial charge in [0.05, 0.1) is 10.9 Å². The molecule has 0 bridgehead atoms. The van der Waals surface area contributed by atoms with Gasteiger partial charge < -0.3 is 9.64 Å². The maximum absolute atomic E-state index is 13.0. The van der Waals surface area contributed by atoms with Gasteiger partial charge in [-0.3, -0.25) is 9.59 Å². The van der Waals surface area contributed by atoms with E-state index in [1.165, 1.54) is 4.68 Å². The van der Waals surface area contributed by atoms with Crippen LogP contribution in [0.5, 0.6) is 5.75 Å². The molecule has 3 aliphatic rings. The number of aryl methyl sites for hydroxylation is 2. The molecular formula is C18H20N4O3. The highest BCUT2D eigenvalue weighted by molar-refractivity contribution is 6.05. The molecule has 7 nitrogen and oxygen atoms in total. The van der Waals surface area contributed by atoms with Gasteiger partial charge in [0.2, 0.25) is 0 Å². The summed E-state index contributed by atoms with van der Waals surface area (Å²) in [5.41, 5.74) is 2.32. The molecule has 0 N–H and O–H groups in total. The highest BCUT2D eigenvalue weighted by atomic mass is 16.5. The van der Waals surface area contributed by atoms with Crippen LogP contribution in [0.2, 0.25) is 0 Å². The second kappa shape index (κ2) is 5.03. The molecule has 1 saturated heterocycles. The van der Waals surface area contributed by atoms with Crippen molar-refractivity contribution in [3.63, 3.8) is 0 Å². The largest absolute Gasteiger partial charge is 0.469 e. The first-order valence-corrected chi connectivity index (χ1v) is 8.94. The molecule has 1 amide bonds. The first kappa shape index (κ1) is 14.9. The molecule has 2 aromatic rings. The molecule has 5 rings (SSSR count). The second-order valence-electron chi connectivity index (χ2n) is 7.41. The van der Waals surface area contributed by atoms with E-state index in [0.717, 1.165) is 25.7 Å². The Morgan fingerprint density at radius 2 is 1.96 bits per heavy atom. The third-order valence-electron chi connectivity index (χ3n) is 5.67. The maximum atomic E-state index is 13.0. The molecule has 1 aliphatic carbocycles. The lowest BCUT2D eigenvalue weighted by Crippen LogP contribution is -2.44. The Labute approximate surface area is 144 Å². The van der Waals surface area contributed by atoms with Crippen molar-refractivity contribution in [1.29, 1.82) is 0 Å². The number of fused-ring (bicyclic) bond motifs is 3. The van der Waals surface area contributed by atoms with Gasteiger partial charge in [0.25, 0.3) is 11.5 Å². The fraction of sp³-hybridized carbons (Fsp3) is 0.556. The van der Waals surface area contributed by atoms with Gasteiger partial charge in [-0.15, -0.1) is 5.10 Å². The van der Waals surface area contributed by atoms with Gasteiger partial charge in [-0.05, 0) is 44.6 Å². The average Bonchev–Trinajstić information content (AvgIpc) is 3.28. The number of rotatable bonds is 2. The molecule has 2 aliphatic heterocycles. The van der Waals surface area contributed by atoms with Crippen molar-refractivity contribution in [3.05, 3.63) is 27.0 Å². The van der Waals surface area contributed by atoms with Crippen molar-refractivity contribution in [2.75, 3.05) is 6.54 Å². The van der Waals surface area contributed by atoms with Crippen molar-refractivity contribution >= 4 is 16.8 Å². The minimum Gasteiger partial charge on any atom is -0.469 e. The van der Waals surface area contributed by atoms with Crippen LogP contribution in [0.3, 0.4) is 0 Å². The van der Waals surface area contributed by atoms with E-state index < -0.39 is 0 Å². The molecule has 1 aromatic heterocycles. The minimum atomic E-state index is -0.209. The molecule has 1 aromatic carbocycles. The monoisotopic (exact) mass is 340 g/mol. The summed E-state index contributed by atoms with van der Waals surface area (Å²) in [5, 5.41) is 8.95. The van der Waals surface area contributed by atoms with E-state index in [2.05, 4.69) is 10.3 Å². The highest BCUT2D eigenvalue weighted by Crippen LogP contribution is 2.40. The topological polar surface area (TPSA) is 77.3 Å². The number of ether oxygens (including phenoxy) is 1. The summed E-state index contributed by atoms with van der Waals surface area (Å²) in [6.45, 7) is 5.02. The number of hydrogen-bond donors (Lipinski definition) is 0. The van der Waals surface area contributed by atoms with Crippen molar-refractivity contribution in [2.45, 2.75) is 52.3 Å². The number of nitrogens with zero attached hydrogens (tertiary/aromatic N) is 4. The zero-order chi connectivity index (χ0) is 17.3. The zero-order valence-electron chi connectivity index (χ0n) is 14.4. The molecule has 1 atom stereocenters. The molecule has 25 heavy (non-hydrogen) atoms. The van der Waals surface area contributed by atoms with E-state index >= 15 is 0 Å². The standard InChI is InChI=1S/C18H20N4O3/c1-9-14-16(25-12-4-3-7-21(12)17(14)23)10(2)13-15(9)19-20-22(18(13)24)8-11-5-6-11/h11-12H,3-8H2,1-2H3. The zero-order valence-corrected chi connectivity index (χ0v) is 14.4. The molecule has 130 valence electrons. The van der Waals surface area contributed by atoms with Crippen LogP contribution in [0.4, 0.5) is 0 Å². The second-order valence-corrected chi connectivity index (χ2v) is 7.41. The number of carbonyl (C=O) groups excluding carboxylic acids is 1. The Morgan fingerprint density at radius 1 is 1.16 bits per heavy atom. The fourth-order valence-electron chi connectivity index (χ4n) is 4.05. The molecule has 3 heterocycles. The molecule has 2 fully saturated rings. The van der Waals surface area contributed by atoms with E-state index in [1.54, 1.807) is 4.90 Å². The van der Waals surface area contributed by atoms with Crippen LogP contribution in [-0.2, 0) is 6.54 Å². The molecule has 0 radical (unpaired) electrons. The normalized spacial score (nSPS) is 22.1. The smallest absolute Gasteiger partial charge is 0.278 e. The number of carbonyl (C=O) groups is 1. The number of benzene rings is 1. The number of amides is 1. The summed E-state index contributed by atoms with van der Waals surface area (Å²) in [4.78, 5) is 27.7. The van der Waals surface area contributed by atoms with Gasteiger partial charge in [0.15, 0.2) is 6.23 Å². The summed E-state index contributed by atoms with van der Waals surface area (Å²) in [7, 11) is 0. The van der Waals surface area contributed by atoms with Crippen LogP contribution >= 0.6 is 0 Å². The van der Waals surface area contributed by atoms with Gasteiger partial charge in [-0.1, -0.05) is 5.21 Å². The first-order valence-electron chi connectivity index (χ1n) is 8.94. The highest BCUT2D eigenvalue weighted by Gasteiger charge is 2.40. The van der Waals surface area contributed by atoms with Gasteiger partial charge in [-0.25, -0.2) is 4.68 Å². The van der Waals surface area contributed by atoms with Gasteiger partial charge >= 0.3 is 0 Å². The lowest BCUT2D eigenvalue weighted by molar-refractivity contribution is 0.0290. The van der Waals surface area contributed by atoms with E-state index in [-0.39, 0.29) is 17.7 Å². The average molecular weight is 340 g/mol. The Balaban J connectivity index is 1.76. The summed E-state index contributed by atoms with van der Waals surface area (Å²) < 4.78 is 7.61. The van der Waals surface area contributed by atoms with Crippen LogP contribution in [0, 0.1) is 19.8 Å². The summed E-state index contributed by atoms with van der Waals surface area (Å²) in [6, 6.07) is 0. The lowest BCUT2D eigenvalue weighted by Gasteiger charge is -2.33. The predicted octanol–water partition coefficient (Wildman–Crippen LogP) is 1.77. The van der Waals surface area contributed by atoms with Crippen molar-refractivity contribution in [3.8, 4) is 5.75 Å². The molecular weight excluding hydrogens is 320 g/mol. The quantitative estimate of drug-likeness (QED) is 0.833. The van der Waals surface area contributed by atoms with E-state index in [1.807, 2.05) is 13.8 Å². The Hall–Kier alpha value is -2.44. The summed E-state index contributed by atoms with van der Waals surface area (Å²) >= 11 is 0. The van der Waals surface area contributed by atoms with Gasteiger partial charge in [0, 0.05) is 25.1 Å². The third-order valence-corrected chi connectivity index (χ3v) is 5.67. The van der Waals surface area contributed by atoms with Crippen molar-refractivity contribution in [2.24, 2.45) is 5.92 Å². The van der Waals surface area contributed by atoms with Crippen LogP contribution in [0.25, 0.3) is 10.9 Å². The SMILES string of the molecule is Cc1c2c(c(C)c3c(=O)n(CC4CC4)nnc13)OC1CCCN1C2=O. The third kappa shape index (κ3) is 2.04. The van der Waals surface area contributed by atoms with Crippen LogP contribution in [0.1, 0.15) is 47.2 Å². The van der Waals surface area contributed by atoms with E-state index in [0.29, 0.717) is 52.4 Å².